The van der Waals surface area contributed by atoms with Gasteiger partial charge in [-0.05, 0) is 48.6 Å². The van der Waals surface area contributed by atoms with E-state index in [4.69, 9.17) is 10.00 Å². The molecule has 0 radical (unpaired) electrons. The average molecular weight is 315 g/mol. The number of nitriles is 1. The highest BCUT2D eigenvalue weighted by atomic mass is 127. The zero-order valence-corrected chi connectivity index (χ0v) is 10.7. The van der Waals surface area contributed by atoms with Crippen LogP contribution in [-0.4, -0.2) is 12.4 Å². The lowest BCUT2D eigenvalue weighted by molar-refractivity contribution is 0.101. The lowest BCUT2D eigenvalue weighted by Crippen LogP contribution is -2.03. The van der Waals surface area contributed by atoms with Gasteiger partial charge in [0.25, 0.3) is 0 Å². The van der Waals surface area contributed by atoms with Gasteiger partial charge in [0.2, 0.25) is 0 Å². The van der Waals surface area contributed by atoms with Crippen molar-refractivity contribution < 1.29 is 9.53 Å². The minimum Gasteiger partial charge on any atom is -0.492 e. The fraction of sp³-hybridized carbons (Fsp3) is 0.273. The number of hydrogen-bond donors (Lipinski definition) is 0. The van der Waals surface area contributed by atoms with Crippen LogP contribution in [0.5, 0.6) is 5.75 Å². The van der Waals surface area contributed by atoms with Crippen molar-refractivity contribution in [2.45, 2.75) is 13.8 Å². The summed E-state index contributed by atoms with van der Waals surface area (Å²) >= 11 is 2.06. The lowest BCUT2D eigenvalue weighted by Gasteiger charge is -2.10. The average Bonchev–Trinajstić information content (AvgIpc) is 2.20. The number of nitrogens with zero attached hydrogens (tertiary/aromatic N) is 1. The van der Waals surface area contributed by atoms with E-state index in [2.05, 4.69) is 22.6 Å². The van der Waals surface area contributed by atoms with Gasteiger partial charge in [-0.15, -0.1) is 0 Å². The number of halogens is 1. The van der Waals surface area contributed by atoms with Gasteiger partial charge in [-0.25, -0.2) is 0 Å². The summed E-state index contributed by atoms with van der Waals surface area (Å²) in [5.74, 6) is 0.484. The van der Waals surface area contributed by atoms with E-state index in [1.807, 2.05) is 13.0 Å². The molecule has 0 spiro atoms. The van der Waals surface area contributed by atoms with Gasteiger partial charge in [-0.3, -0.25) is 4.79 Å². The Hall–Kier alpha value is -1.09. The van der Waals surface area contributed by atoms with Crippen LogP contribution in [0.4, 0.5) is 0 Å². The van der Waals surface area contributed by atoms with E-state index in [0.717, 1.165) is 3.57 Å². The molecule has 0 aromatic heterocycles. The van der Waals surface area contributed by atoms with E-state index in [9.17, 15) is 4.79 Å². The first-order chi connectivity index (χ1) is 7.10. The fourth-order valence-corrected chi connectivity index (χ4v) is 1.99. The van der Waals surface area contributed by atoms with Crippen molar-refractivity contribution in [3.63, 3.8) is 0 Å². The van der Waals surface area contributed by atoms with Crippen LogP contribution in [0.15, 0.2) is 12.1 Å². The molecule has 0 atom stereocenters. The number of carbonyl (C=O) groups is 1. The largest absolute Gasteiger partial charge is 0.492 e. The van der Waals surface area contributed by atoms with E-state index >= 15 is 0 Å². The lowest BCUT2D eigenvalue weighted by atomic mass is 10.1. The summed E-state index contributed by atoms with van der Waals surface area (Å²) in [5.41, 5.74) is 0.952. The number of hydrogen-bond acceptors (Lipinski definition) is 3. The molecule has 0 aliphatic heterocycles. The molecule has 0 amide bonds. The molecule has 0 bridgehead atoms. The van der Waals surface area contributed by atoms with Gasteiger partial charge < -0.3 is 4.74 Å². The normalized spacial score (nSPS) is 9.47. The standard InChI is InChI=1S/C11H10INO2/c1-3-15-11-9(7(2)14)4-8(6-13)5-10(11)12/h4-5H,3H2,1-2H3. The van der Waals surface area contributed by atoms with Crippen LogP contribution >= 0.6 is 22.6 Å². The van der Waals surface area contributed by atoms with Crippen LogP contribution in [0.1, 0.15) is 29.8 Å². The number of benzene rings is 1. The molecule has 3 nitrogen and oxygen atoms in total. The molecule has 0 saturated carbocycles. The first-order valence-corrected chi connectivity index (χ1v) is 5.55. The zero-order valence-electron chi connectivity index (χ0n) is 8.50. The highest BCUT2D eigenvalue weighted by molar-refractivity contribution is 14.1. The molecule has 0 heterocycles. The first-order valence-electron chi connectivity index (χ1n) is 4.47. The van der Waals surface area contributed by atoms with Gasteiger partial charge in [0.05, 0.1) is 27.4 Å². The highest BCUT2D eigenvalue weighted by Gasteiger charge is 2.13. The Bertz CT molecular complexity index is 435. The Morgan fingerprint density at radius 3 is 2.73 bits per heavy atom. The van der Waals surface area contributed by atoms with Gasteiger partial charge in [0, 0.05) is 0 Å². The predicted octanol–water partition coefficient (Wildman–Crippen LogP) is 2.76. The summed E-state index contributed by atoms with van der Waals surface area (Å²) in [6.45, 7) is 3.83. The third-order valence-corrected chi connectivity index (χ3v) is 2.64. The summed E-state index contributed by atoms with van der Waals surface area (Å²) in [7, 11) is 0. The molecule has 0 saturated heterocycles. The minimum atomic E-state index is -0.0894. The Morgan fingerprint density at radius 2 is 2.27 bits per heavy atom. The highest BCUT2D eigenvalue weighted by Crippen LogP contribution is 2.27. The summed E-state index contributed by atoms with van der Waals surface area (Å²) in [4.78, 5) is 11.4. The number of ether oxygens (including phenoxy) is 1. The van der Waals surface area contributed by atoms with Gasteiger partial charge >= 0.3 is 0 Å². The van der Waals surface area contributed by atoms with E-state index in [0.29, 0.717) is 23.5 Å². The van der Waals surface area contributed by atoms with Crippen LogP contribution < -0.4 is 4.74 Å². The molecule has 4 heteroatoms. The van der Waals surface area contributed by atoms with Crippen molar-refractivity contribution in [3.8, 4) is 11.8 Å². The molecule has 0 aliphatic carbocycles. The second-order valence-corrected chi connectivity index (χ2v) is 4.10. The van der Waals surface area contributed by atoms with Crippen molar-refractivity contribution >= 4 is 28.4 Å². The summed E-state index contributed by atoms with van der Waals surface area (Å²) in [6, 6.07) is 5.29. The Morgan fingerprint density at radius 1 is 1.60 bits per heavy atom. The van der Waals surface area contributed by atoms with Crippen LogP contribution in [0.25, 0.3) is 0 Å². The molecule has 78 valence electrons. The quantitative estimate of drug-likeness (QED) is 0.636. The van der Waals surface area contributed by atoms with E-state index in [1.54, 1.807) is 12.1 Å². The van der Waals surface area contributed by atoms with Crippen LogP contribution in [0.3, 0.4) is 0 Å². The molecule has 0 aliphatic rings. The van der Waals surface area contributed by atoms with Crippen molar-refractivity contribution in [2.75, 3.05) is 6.61 Å². The third kappa shape index (κ3) is 2.69. The summed E-state index contributed by atoms with van der Waals surface area (Å²) in [6.07, 6.45) is 0. The van der Waals surface area contributed by atoms with Crippen molar-refractivity contribution in [3.05, 3.63) is 26.8 Å². The molecule has 1 rings (SSSR count). The van der Waals surface area contributed by atoms with E-state index in [-0.39, 0.29) is 5.78 Å². The molecule has 0 N–H and O–H groups in total. The molecular weight excluding hydrogens is 305 g/mol. The third-order valence-electron chi connectivity index (χ3n) is 1.84. The monoisotopic (exact) mass is 315 g/mol. The smallest absolute Gasteiger partial charge is 0.163 e. The van der Waals surface area contributed by atoms with Crippen LogP contribution in [-0.2, 0) is 0 Å². The van der Waals surface area contributed by atoms with Crippen molar-refractivity contribution in [2.24, 2.45) is 0 Å². The van der Waals surface area contributed by atoms with Gasteiger partial charge in [0.15, 0.2) is 5.78 Å². The summed E-state index contributed by atoms with van der Waals surface area (Å²) in [5, 5.41) is 8.78. The molecule has 15 heavy (non-hydrogen) atoms. The van der Waals surface area contributed by atoms with E-state index in [1.165, 1.54) is 6.92 Å². The Kier molecular flexibility index (Phi) is 4.09. The van der Waals surface area contributed by atoms with Gasteiger partial charge in [0.1, 0.15) is 5.75 Å². The number of ketones is 1. The van der Waals surface area contributed by atoms with Gasteiger partial charge in [-0.1, -0.05) is 0 Å². The number of carbonyl (C=O) groups excluding carboxylic acids is 1. The Labute approximate surface area is 102 Å². The van der Waals surface area contributed by atoms with E-state index < -0.39 is 0 Å². The van der Waals surface area contributed by atoms with Crippen LogP contribution in [0.2, 0.25) is 0 Å². The zero-order chi connectivity index (χ0) is 11.4. The summed E-state index contributed by atoms with van der Waals surface area (Å²) < 4.78 is 6.18. The SMILES string of the molecule is CCOc1c(I)cc(C#N)cc1C(C)=O. The van der Waals surface area contributed by atoms with Crippen LogP contribution in [0, 0.1) is 14.9 Å². The minimum absolute atomic E-state index is 0.0894. The maximum atomic E-state index is 11.4. The molecule has 1 aromatic carbocycles. The molecule has 0 fully saturated rings. The molecule has 0 unspecified atom stereocenters. The Balaban J connectivity index is 3.37. The predicted molar refractivity (Wildman–Crippen MR) is 65.0 cm³/mol. The van der Waals surface area contributed by atoms with Crippen molar-refractivity contribution in [1.82, 2.24) is 0 Å². The molecular formula is C11H10INO2. The maximum absolute atomic E-state index is 11.4. The topological polar surface area (TPSA) is 50.1 Å². The fourth-order valence-electron chi connectivity index (χ4n) is 1.21. The van der Waals surface area contributed by atoms with Crippen molar-refractivity contribution in [1.29, 1.82) is 5.26 Å². The number of Topliss-reactive ketones (excluding diaryl/α,β-unsaturated/α-hetero) is 1. The first kappa shape index (κ1) is 12.0. The molecule has 1 aromatic rings. The second kappa shape index (κ2) is 5.12. The number of rotatable bonds is 3. The second-order valence-electron chi connectivity index (χ2n) is 2.94. The maximum Gasteiger partial charge on any atom is 0.163 e. The van der Waals surface area contributed by atoms with Gasteiger partial charge in [-0.2, -0.15) is 5.26 Å².